The highest BCUT2D eigenvalue weighted by Crippen LogP contribution is 2.11. The Morgan fingerprint density at radius 1 is 0.474 bits per heavy atom. The van der Waals surface area contributed by atoms with Crippen molar-refractivity contribution in [3.05, 3.63) is 5.82 Å². The Morgan fingerprint density at radius 3 is 1.32 bits per heavy atom. The Bertz CT molecular complexity index is 626. The molecule has 13 heteroatoms. The zero-order valence-corrected chi connectivity index (χ0v) is 9.31. The molecule has 3 rings (SSSR count). The summed E-state index contributed by atoms with van der Waals surface area (Å²) in [5.74, 6) is 0.977. The van der Waals surface area contributed by atoms with Crippen molar-refractivity contribution in [2.24, 2.45) is 0 Å². The summed E-state index contributed by atoms with van der Waals surface area (Å²) < 4.78 is 0. The van der Waals surface area contributed by atoms with E-state index in [4.69, 9.17) is 0 Å². The van der Waals surface area contributed by atoms with Crippen LogP contribution >= 0.6 is 0 Å². The van der Waals surface area contributed by atoms with Crippen molar-refractivity contribution in [2.75, 3.05) is 0 Å². The lowest BCUT2D eigenvalue weighted by Gasteiger charge is -2.00. The molecule has 0 atom stereocenters. The molecule has 0 saturated carbocycles. The predicted molar refractivity (Wildman–Crippen MR) is 53.4 cm³/mol. The largest absolute Gasteiger partial charge is 0.244 e. The molecule has 13 nitrogen and oxygen atoms in total. The quantitative estimate of drug-likeness (QED) is 0.471. The van der Waals surface area contributed by atoms with Crippen LogP contribution in [0.15, 0.2) is 0 Å². The maximum absolute atomic E-state index is 4.09. The SMILES string of the molecule is Cc1nc(-c2nnnnn2)nc(-c2nnnnn2)n1. The highest BCUT2D eigenvalue weighted by molar-refractivity contribution is 5.48. The summed E-state index contributed by atoms with van der Waals surface area (Å²) in [4.78, 5) is 12.2. The van der Waals surface area contributed by atoms with E-state index in [9.17, 15) is 0 Å². The number of nitrogens with zero attached hydrogens (tertiary/aromatic N) is 13. The molecule has 3 aromatic heterocycles. The van der Waals surface area contributed by atoms with Crippen molar-refractivity contribution < 1.29 is 0 Å². The Balaban J connectivity index is 2.12. The third-order valence-electron chi connectivity index (χ3n) is 1.86. The molecule has 0 spiro atoms. The van der Waals surface area contributed by atoms with E-state index >= 15 is 0 Å². The van der Waals surface area contributed by atoms with Crippen molar-refractivity contribution in [2.45, 2.75) is 6.92 Å². The van der Waals surface area contributed by atoms with Crippen LogP contribution in [0.1, 0.15) is 5.82 Å². The highest BCUT2D eigenvalue weighted by Gasteiger charge is 2.13. The minimum atomic E-state index is 0.108. The first-order chi connectivity index (χ1) is 9.33. The van der Waals surface area contributed by atoms with Gasteiger partial charge in [0.15, 0.2) is 0 Å². The molecule has 19 heavy (non-hydrogen) atoms. The second-order valence-electron chi connectivity index (χ2n) is 3.11. The third kappa shape index (κ3) is 2.24. The fourth-order valence-electron chi connectivity index (χ4n) is 1.19. The molecule has 92 valence electrons. The molecule has 0 fully saturated rings. The zero-order chi connectivity index (χ0) is 13.1. The van der Waals surface area contributed by atoms with Crippen LogP contribution in [0, 0.1) is 6.92 Å². The van der Waals surface area contributed by atoms with Crippen LogP contribution in [0.3, 0.4) is 0 Å². The lowest BCUT2D eigenvalue weighted by molar-refractivity contribution is 0.676. The molecule has 0 aliphatic carbocycles. The van der Waals surface area contributed by atoms with Gasteiger partial charge in [-0.2, -0.15) is 0 Å². The molecular formula is C6H3N13. The van der Waals surface area contributed by atoms with Crippen molar-refractivity contribution in [3.8, 4) is 23.3 Å². The molecule has 0 saturated heterocycles. The molecule has 0 radical (unpaired) electrons. The smallest absolute Gasteiger partial charge is 0.210 e. The van der Waals surface area contributed by atoms with Crippen LogP contribution in [-0.2, 0) is 0 Å². The predicted octanol–water partition coefficient (Wildman–Crippen LogP) is -2.54. The zero-order valence-electron chi connectivity index (χ0n) is 9.31. The number of rotatable bonds is 2. The van der Waals surface area contributed by atoms with Crippen molar-refractivity contribution >= 4 is 0 Å². The molecule has 0 unspecified atom stereocenters. The lowest BCUT2D eigenvalue weighted by Crippen LogP contribution is -2.07. The third-order valence-corrected chi connectivity index (χ3v) is 1.86. The van der Waals surface area contributed by atoms with E-state index in [-0.39, 0.29) is 23.3 Å². The van der Waals surface area contributed by atoms with E-state index < -0.39 is 0 Å². The molecule has 0 aliphatic rings. The van der Waals surface area contributed by atoms with Gasteiger partial charge < -0.3 is 0 Å². The molecule has 0 aromatic carbocycles. The van der Waals surface area contributed by atoms with Crippen molar-refractivity contribution in [1.29, 1.82) is 0 Å². The van der Waals surface area contributed by atoms with E-state index in [1.807, 2.05) is 0 Å². The van der Waals surface area contributed by atoms with Crippen LogP contribution in [0.4, 0.5) is 0 Å². The van der Waals surface area contributed by atoms with Crippen LogP contribution < -0.4 is 0 Å². The van der Waals surface area contributed by atoms with Gasteiger partial charge in [-0.3, -0.25) is 0 Å². The molecule has 3 heterocycles. The molecular weight excluding hydrogens is 254 g/mol. The number of aryl methyl sites for hydroxylation is 1. The first-order valence-corrected chi connectivity index (χ1v) is 4.84. The Labute approximate surface area is 104 Å². The second kappa shape index (κ2) is 4.55. The number of aromatic nitrogens is 13. The highest BCUT2D eigenvalue weighted by atomic mass is 15.5. The molecule has 0 aliphatic heterocycles. The summed E-state index contributed by atoms with van der Waals surface area (Å²) in [7, 11) is 0. The average Bonchev–Trinajstić information content (AvgIpc) is 2.48. The summed E-state index contributed by atoms with van der Waals surface area (Å²) in [6, 6.07) is 0. The Hall–Kier alpha value is -3.25. The lowest BCUT2D eigenvalue weighted by atomic mass is 10.5. The standard InChI is InChI=1S/C6H3N13/c1-2-7-3(5-10-14-18-15-11-5)9-4(8-2)6-12-16-19-17-13-6/h1H3. The normalized spacial score (nSPS) is 10.4. The maximum Gasteiger partial charge on any atom is 0.244 e. The van der Waals surface area contributed by atoms with E-state index in [0.29, 0.717) is 5.82 Å². The summed E-state index contributed by atoms with van der Waals surface area (Å²) >= 11 is 0. The van der Waals surface area contributed by atoms with Crippen LogP contribution in [-0.4, -0.2) is 66.6 Å². The van der Waals surface area contributed by atoms with E-state index in [1.54, 1.807) is 6.92 Å². The Kier molecular flexibility index (Phi) is 2.61. The van der Waals surface area contributed by atoms with Crippen LogP contribution in [0.2, 0.25) is 0 Å². The number of hydrogen-bond acceptors (Lipinski definition) is 13. The first-order valence-electron chi connectivity index (χ1n) is 4.84. The van der Waals surface area contributed by atoms with Gasteiger partial charge in [-0.1, -0.05) is 0 Å². The van der Waals surface area contributed by atoms with E-state index in [0.717, 1.165) is 0 Å². The summed E-state index contributed by atoms with van der Waals surface area (Å²) in [6.07, 6.45) is 0. The van der Waals surface area contributed by atoms with Crippen molar-refractivity contribution in [1.82, 2.24) is 66.6 Å². The van der Waals surface area contributed by atoms with Gasteiger partial charge in [-0.15, -0.1) is 20.4 Å². The molecule has 0 amide bonds. The fourth-order valence-corrected chi connectivity index (χ4v) is 1.19. The summed E-state index contributed by atoms with van der Waals surface area (Å²) in [5, 5.41) is 34.5. The van der Waals surface area contributed by atoms with Gasteiger partial charge in [-0.05, 0) is 38.2 Å². The van der Waals surface area contributed by atoms with Crippen molar-refractivity contribution in [3.63, 3.8) is 0 Å². The molecule has 0 bridgehead atoms. The average molecular weight is 257 g/mol. The Morgan fingerprint density at radius 2 is 0.895 bits per heavy atom. The molecule has 3 aromatic rings. The fraction of sp³-hybridized carbons (Fsp3) is 0.167. The van der Waals surface area contributed by atoms with Gasteiger partial charge in [0.25, 0.3) is 0 Å². The maximum atomic E-state index is 4.09. The summed E-state index contributed by atoms with van der Waals surface area (Å²) in [5.41, 5.74) is 0. The van der Waals surface area contributed by atoms with E-state index in [1.165, 1.54) is 0 Å². The van der Waals surface area contributed by atoms with Gasteiger partial charge in [0.2, 0.25) is 23.3 Å². The van der Waals surface area contributed by atoms with Gasteiger partial charge in [0.1, 0.15) is 5.82 Å². The van der Waals surface area contributed by atoms with Gasteiger partial charge in [0.05, 0.1) is 0 Å². The van der Waals surface area contributed by atoms with Crippen LogP contribution in [0.25, 0.3) is 23.3 Å². The summed E-state index contributed by atoms with van der Waals surface area (Å²) in [6.45, 7) is 1.67. The first kappa shape index (κ1) is 10.9. The van der Waals surface area contributed by atoms with Gasteiger partial charge in [0, 0.05) is 0 Å². The van der Waals surface area contributed by atoms with E-state index in [2.05, 4.69) is 66.6 Å². The van der Waals surface area contributed by atoms with Crippen LogP contribution in [0.5, 0.6) is 0 Å². The second-order valence-corrected chi connectivity index (χ2v) is 3.11. The topological polar surface area (TPSA) is 168 Å². The van der Waals surface area contributed by atoms with Gasteiger partial charge >= 0.3 is 0 Å². The van der Waals surface area contributed by atoms with Gasteiger partial charge in [-0.25, -0.2) is 15.0 Å². The number of hydrogen-bond donors (Lipinski definition) is 0. The monoisotopic (exact) mass is 257 g/mol. The minimum absolute atomic E-state index is 0.108. The minimum Gasteiger partial charge on any atom is -0.210 e. The molecule has 0 N–H and O–H groups in total.